The largest absolute Gasteiger partial charge is 0.493 e. The first-order valence-electron chi connectivity index (χ1n) is 8.11. The standard InChI is InChI=1S/C18H22N2O6S/c1-9(2)14(17-19-11(8-27-17)18(22)23)20-16(21)10-6-12(24-3)15(26-5)13(7-10)25-4/h6-9,14H,1-5H3,(H,20,21)(H,22,23). The number of carbonyl (C=O) groups is 2. The first-order chi connectivity index (χ1) is 12.8. The van der Waals surface area contributed by atoms with Gasteiger partial charge in [0.05, 0.1) is 27.4 Å². The van der Waals surface area contributed by atoms with Crippen LogP contribution in [0.25, 0.3) is 0 Å². The Morgan fingerprint density at radius 3 is 2.11 bits per heavy atom. The van der Waals surface area contributed by atoms with Crippen LogP contribution in [0.3, 0.4) is 0 Å². The fourth-order valence-corrected chi connectivity index (χ4v) is 3.49. The summed E-state index contributed by atoms with van der Waals surface area (Å²) in [6, 6.07) is 2.67. The Labute approximate surface area is 161 Å². The van der Waals surface area contributed by atoms with Crippen molar-refractivity contribution in [3.63, 3.8) is 0 Å². The van der Waals surface area contributed by atoms with Crippen molar-refractivity contribution in [2.24, 2.45) is 5.92 Å². The van der Waals surface area contributed by atoms with Crippen LogP contribution in [0.15, 0.2) is 17.5 Å². The second-order valence-corrected chi connectivity index (χ2v) is 6.87. The van der Waals surface area contributed by atoms with Crippen LogP contribution in [0.2, 0.25) is 0 Å². The third kappa shape index (κ3) is 4.48. The normalized spacial score (nSPS) is 11.8. The lowest BCUT2D eigenvalue weighted by molar-refractivity contribution is 0.0691. The van der Waals surface area contributed by atoms with Crippen molar-refractivity contribution in [3.05, 3.63) is 33.8 Å². The van der Waals surface area contributed by atoms with Crippen molar-refractivity contribution >= 4 is 23.2 Å². The van der Waals surface area contributed by atoms with Gasteiger partial charge in [0.2, 0.25) is 5.75 Å². The van der Waals surface area contributed by atoms with E-state index in [4.69, 9.17) is 19.3 Å². The summed E-state index contributed by atoms with van der Waals surface area (Å²) in [6.07, 6.45) is 0. The van der Waals surface area contributed by atoms with E-state index in [9.17, 15) is 9.59 Å². The number of aromatic carboxylic acids is 1. The van der Waals surface area contributed by atoms with Gasteiger partial charge >= 0.3 is 5.97 Å². The first-order valence-corrected chi connectivity index (χ1v) is 8.99. The second-order valence-electron chi connectivity index (χ2n) is 5.99. The fourth-order valence-electron chi connectivity index (χ4n) is 2.48. The Morgan fingerprint density at radius 1 is 1.11 bits per heavy atom. The minimum atomic E-state index is -1.10. The molecule has 0 radical (unpaired) electrons. The summed E-state index contributed by atoms with van der Waals surface area (Å²) in [4.78, 5) is 28.0. The zero-order valence-corrected chi connectivity index (χ0v) is 16.5. The molecule has 0 aliphatic carbocycles. The van der Waals surface area contributed by atoms with Gasteiger partial charge in [-0.05, 0) is 18.1 Å². The quantitative estimate of drug-likeness (QED) is 0.709. The smallest absolute Gasteiger partial charge is 0.355 e. The van der Waals surface area contributed by atoms with Gasteiger partial charge in [-0.3, -0.25) is 4.79 Å². The van der Waals surface area contributed by atoms with Crippen LogP contribution in [0.4, 0.5) is 0 Å². The molecule has 2 rings (SSSR count). The molecular weight excluding hydrogens is 372 g/mol. The molecule has 1 unspecified atom stereocenters. The monoisotopic (exact) mass is 394 g/mol. The summed E-state index contributed by atoms with van der Waals surface area (Å²) in [5.74, 6) is -0.334. The van der Waals surface area contributed by atoms with Crippen LogP contribution in [0, 0.1) is 5.92 Å². The molecule has 27 heavy (non-hydrogen) atoms. The molecule has 2 N–H and O–H groups in total. The minimum Gasteiger partial charge on any atom is -0.493 e. The molecule has 0 fully saturated rings. The summed E-state index contributed by atoms with van der Waals surface area (Å²) in [5.41, 5.74) is 0.285. The molecule has 1 amide bonds. The molecule has 0 aliphatic rings. The maximum Gasteiger partial charge on any atom is 0.355 e. The number of nitrogens with one attached hydrogen (secondary N) is 1. The van der Waals surface area contributed by atoms with E-state index in [1.165, 1.54) is 38.0 Å². The van der Waals surface area contributed by atoms with Gasteiger partial charge in [0.25, 0.3) is 5.91 Å². The van der Waals surface area contributed by atoms with E-state index in [0.29, 0.717) is 27.8 Å². The van der Waals surface area contributed by atoms with Gasteiger partial charge < -0.3 is 24.6 Å². The van der Waals surface area contributed by atoms with E-state index in [-0.39, 0.29) is 17.5 Å². The molecule has 0 saturated carbocycles. The molecule has 0 bridgehead atoms. The molecule has 0 saturated heterocycles. The SMILES string of the molecule is COc1cc(C(=O)NC(c2nc(C(=O)O)cs2)C(C)C)cc(OC)c1OC. The Hall–Kier alpha value is -2.81. The van der Waals surface area contributed by atoms with Crippen LogP contribution >= 0.6 is 11.3 Å². The number of methoxy groups -OCH3 is 3. The Kier molecular flexibility index (Phi) is 6.62. The third-order valence-corrected chi connectivity index (χ3v) is 4.82. The van der Waals surface area contributed by atoms with Gasteiger partial charge in [-0.2, -0.15) is 0 Å². The van der Waals surface area contributed by atoms with Crippen LogP contribution in [0.1, 0.15) is 45.7 Å². The highest BCUT2D eigenvalue weighted by Crippen LogP contribution is 2.38. The lowest BCUT2D eigenvalue weighted by Crippen LogP contribution is -2.31. The molecule has 1 atom stereocenters. The number of amides is 1. The highest BCUT2D eigenvalue weighted by atomic mass is 32.1. The Morgan fingerprint density at radius 2 is 1.70 bits per heavy atom. The molecule has 8 nitrogen and oxygen atoms in total. The van der Waals surface area contributed by atoms with Gasteiger partial charge in [0, 0.05) is 10.9 Å². The number of carboxylic acid groups (broad SMARTS) is 1. The number of ether oxygens (including phenoxy) is 3. The number of aromatic nitrogens is 1. The van der Waals surface area contributed by atoms with Crippen molar-refractivity contribution in [2.75, 3.05) is 21.3 Å². The zero-order chi connectivity index (χ0) is 20.1. The van der Waals surface area contributed by atoms with E-state index in [2.05, 4.69) is 10.3 Å². The topological polar surface area (TPSA) is 107 Å². The van der Waals surface area contributed by atoms with Gasteiger partial charge in [-0.15, -0.1) is 11.3 Å². The Bertz CT molecular complexity index is 808. The fraction of sp³-hybridized carbons (Fsp3) is 0.389. The highest BCUT2D eigenvalue weighted by Gasteiger charge is 2.25. The van der Waals surface area contributed by atoms with E-state index >= 15 is 0 Å². The highest BCUT2D eigenvalue weighted by molar-refractivity contribution is 7.09. The number of hydrogen-bond acceptors (Lipinski definition) is 7. The first kappa shape index (κ1) is 20.5. The van der Waals surface area contributed by atoms with Crippen molar-refractivity contribution in [1.29, 1.82) is 0 Å². The van der Waals surface area contributed by atoms with Crippen molar-refractivity contribution in [1.82, 2.24) is 10.3 Å². The molecule has 0 spiro atoms. The van der Waals surface area contributed by atoms with Crippen molar-refractivity contribution < 1.29 is 28.9 Å². The van der Waals surface area contributed by atoms with Gasteiger partial charge in [0.15, 0.2) is 17.2 Å². The summed E-state index contributed by atoms with van der Waals surface area (Å²) in [5, 5.41) is 14.0. The van der Waals surface area contributed by atoms with E-state index in [0.717, 1.165) is 0 Å². The molecule has 146 valence electrons. The van der Waals surface area contributed by atoms with Crippen LogP contribution in [0.5, 0.6) is 17.2 Å². The summed E-state index contributed by atoms with van der Waals surface area (Å²) in [6.45, 7) is 3.84. The number of benzene rings is 1. The predicted octanol–water partition coefficient (Wildman–Crippen LogP) is 2.99. The molecule has 9 heteroatoms. The summed E-state index contributed by atoms with van der Waals surface area (Å²) >= 11 is 1.20. The minimum absolute atomic E-state index is 0.00350. The average molecular weight is 394 g/mol. The number of rotatable bonds is 8. The van der Waals surface area contributed by atoms with Crippen molar-refractivity contribution in [2.45, 2.75) is 19.9 Å². The number of carboxylic acids is 1. The van der Waals surface area contributed by atoms with E-state index < -0.39 is 12.0 Å². The lowest BCUT2D eigenvalue weighted by atomic mass is 10.0. The van der Waals surface area contributed by atoms with Crippen LogP contribution in [-0.2, 0) is 0 Å². The number of thiazole rings is 1. The molecule has 1 aromatic heterocycles. The summed E-state index contributed by atoms with van der Waals surface area (Å²) < 4.78 is 15.8. The van der Waals surface area contributed by atoms with Crippen LogP contribution in [-0.4, -0.2) is 43.3 Å². The maximum absolute atomic E-state index is 12.8. The summed E-state index contributed by atoms with van der Waals surface area (Å²) in [7, 11) is 4.43. The second kappa shape index (κ2) is 8.72. The number of carbonyl (C=O) groups excluding carboxylic acids is 1. The Balaban J connectivity index is 2.33. The average Bonchev–Trinajstić information content (AvgIpc) is 3.14. The maximum atomic E-state index is 12.8. The van der Waals surface area contributed by atoms with E-state index in [1.54, 1.807) is 12.1 Å². The molecular formula is C18H22N2O6S. The third-order valence-electron chi connectivity index (χ3n) is 3.89. The lowest BCUT2D eigenvalue weighted by Gasteiger charge is -2.21. The molecule has 1 aromatic carbocycles. The van der Waals surface area contributed by atoms with Crippen LogP contribution < -0.4 is 19.5 Å². The molecule has 2 aromatic rings. The van der Waals surface area contributed by atoms with Gasteiger partial charge in [0.1, 0.15) is 5.01 Å². The van der Waals surface area contributed by atoms with Gasteiger partial charge in [-0.25, -0.2) is 9.78 Å². The predicted molar refractivity (Wildman–Crippen MR) is 100 cm³/mol. The van der Waals surface area contributed by atoms with Crippen molar-refractivity contribution in [3.8, 4) is 17.2 Å². The molecule has 1 heterocycles. The molecule has 0 aliphatic heterocycles. The zero-order valence-electron chi connectivity index (χ0n) is 15.7. The number of nitrogens with zero attached hydrogens (tertiary/aromatic N) is 1. The van der Waals surface area contributed by atoms with E-state index in [1.807, 2.05) is 13.8 Å². The number of hydrogen-bond donors (Lipinski definition) is 2. The van der Waals surface area contributed by atoms with Gasteiger partial charge in [-0.1, -0.05) is 13.8 Å².